The molecule has 0 aromatic carbocycles. The second-order valence-corrected chi connectivity index (χ2v) is 3.87. The largest absolute Gasteiger partial charge is 0.481 e. The van der Waals surface area contributed by atoms with Crippen LogP contribution in [0.5, 0.6) is 11.8 Å². The summed E-state index contributed by atoms with van der Waals surface area (Å²) < 4.78 is 10.3. The van der Waals surface area contributed by atoms with E-state index in [1.807, 2.05) is 18.3 Å². The topological polar surface area (TPSA) is 72.9 Å². The molecule has 0 bridgehead atoms. The third-order valence-electron chi connectivity index (χ3n) is 2.80. The van der Waals surface area contributed by atoms with Crippen molar-refractivity contribution >= 4 is 11.0 Å². The van der Waals surface area contributed by atoms with Gasteiger partial charge >= 0.3 is 0 Å². The Balaban J connectivity index is 2.23. The Morgan fingerprint density at radius 2 is 1.79 bits per heavy atom. The van der Waals surface area contributed by atoms with E-state index in [1.165, 1.54) is 0 Å². The number of nitrogens with one attached hydrogen (secondary N) is 1. The second-order valence-electron chi connectivity index (χ2n) is 3.87. The molecule has 3 rings (SSSR count). The number of aromatic nitrogens is 4. The SMILES string of the molecule is COc1cc(OC)nc(-c2ccnc3[nH]ccc23)n1. The van der Waals surface area contributed by atoms with Gasteiger partial charge in [0.1, 0.15) is 5.65 Å². The smallest absolute Gasteiger partial charge is 0.220 e. The zero-order valence-corrected chi connectivity index (χ0v) is 10.5. The summed E-state index contributed by atoms with van der Waals surface area (Å²) >= 11 is 0. The highest BCUT2D eigenvalue weighted by atomic mass is 16.5. The fourth-order valence-corrected chi connectivity index (χ4v) is 1.89. The molecular formula is C13H12N4O2. The van der Waals surface area contributed by atoms with Crippen LogP contribution < -0.4 is 9.47 Å². The summed E-state index contributed by atoms with van der Waals surface area (Å²) in [5, 5.41) is 0.956. The maximum Gasteiger partial charge on any atom is 0.220 e. The lowest BCUT2D eigenvalue weighted by atomic mass is 10.2. The van der Waals surface area contributed by atoms with Gasteiger partial charge in [0.05, 0.1) is 20.3 Å². The molecule has 0 spiro atoms. The minimum atomic E-state index is 0.461. The third kappa shape index (κ3) is 1.97. The van der Waals surface area contributed by atoms with Crippen molar-refractivity contribution in [2.75, 3.05) is 14.2 Å². The summed E-state index contributed by atoms with van der Waals surface area (Å²) in [5.41, 5.74) is 1.67. The number of hydrogen-bond donors (Lipinski definition) is 1. The van der Waals surface area contributed by atoms with Gasteiger partial charge in [-0.25, -0.2) is 4.98 Å². The summed E-state index contributed by atoms with van der Waals surface area (Å²) in [6, 6.07) is 5.44. The lowest BCUT2D eigenvalue weighted by Crippen LogP contribution is -1.97. The average molecular weight is 256 g/mol. The summed E-state index contributed by atoms with van der Waals surface area (Å²) in [6.45, 7) is 0. The number of H-pyrrole nitrogens is 1. The van der Waals surface area contributed by atoms with Gasteiger partial charge in [0.2, 0.25) is 11.8 Å². The Hall–Kier alpha value is -2.63. The Kier molecular flexibility index (Phi) is 2.75. The van der Waals surface area contributed by atoms with E-state index in [2.05, 4.69) is 19.9 Å². The van der Waals surface area contributed by atoms with Gasteiger partial charge in [-0.3, -0.25) is 0 Å². The van der Waals surface area contributed by atoms with Crippen molar-refractivity contribution in [3.05, 3.63) is 30.6 Å². The predicted molar refractivity (Wildman–Crippen MR) is 70.2 cm³/mol. The molecule has 0 radical (unpaired) electrons. The van der Waals surface area contributed by atoms with Gasteiger partial charge in [-0.1, -0.05) is 0 Å². The number of hydrogen-bond acceptors (Lipinski definition) is 5. The van der Waals surface area contributed by atoms with Crippen molar-refractivity contribution in [3.8, 4) is 23.1 Å². The average Bonchev–Trinajstić information content (AvgIpc) is 2.94. The minimum absolute atomic E-state index is 0.461. The molecule has 96 valence electrons. The highest BCUT2D eigenvalue weighted by molar-refractivity contribution is 5.90. The lowest BCUT2D eigenvalue weighted by Gasteiger charge is -2.07. The van der Waals surface area contributed by atoms with Gasteiger partial charge in [0.25, 0.3) is 0 Å². The van der Waals surface area contributed by atoms with Crippen molar-refractivity contribution in [2.45, 2.75) is 0 Å². The van der Waals surface area contributed by atoms with Crippen molar-refractivity contribution < 1.29 is 9.47 Å². The monoisotopic (exact) mass is 256 g/mol. The highest BCUT2D eigenvalue weighted by Crippen LogP contribution is 2.27. The Labute approximate surface area is 109 Å². The maximum atomic E-state index is 5.16. The number of aromatic amines is 1. The first-order valence-corrected chi connectivity index (χ1v) is 5.71. The molecule has 0 atom stereocenters. The van der Waals surface area contributed by atoms with Crippen molar-refractivity contribution in [1.82, 2.24) is 19.9 Å². The zero-order valence-electron chi connectivity index (χ0n) is 10.5. The molecule has 3 heterocycles. The Morgan fingerprint density at radius 1 is 1.05 bits per heavy atom. The first-order chi connectivity index (χ1) is 9.31. The second kappa shape index (κ2) is 4.56. The molecule has 3 aromatic rings. The molecule has 19 heavy (non-hydrogen) atoms. The quantitative estimate of drug-likeness (QED) is 0.776. The van der Waals surface area contributed by atoms with Gasteiger partial charge in [-0.2, -0.15) is 9.97 Å². The molecule has 0 aliphatic carbocycles. The molecule has 6 nitrogen and oxygen atoms in total. The van der Waals surface area contributed by atoms with E-state index in [9.17, 15) is 0 Å². The molecule has 0 amide bonds. The van der Waals surface area contributed by atoms with E-state index in [4.69, 9.17) is 9.47 Å². The first kappa shape index (κ1) is 11.5. The number of pyridine rings is 1. The summed E-state index contributed by atoms with van der Waals surface area (Å²) in [5.74, 6) is 1.47. The van der Waals surface area contributed by atoms with E-state index in [-0.39, 0.29) is 0 Å². The van der Waals surface area contributed by atoms with Gasteiger partial charge in [0, 0.05) is 23.3 Å². The van der Waals surface area contributed by atoms with E-state index >= 15 is 0 Å². The van der Waals surface area contributed by atoms with E-state index in [0.717, 1.165) is 16.6 Å². The molecule has 0 saturated heterocycles. The number of fused-ring (bicyclic) bond motifs is 1. The van der Waals surface area contributed by atoms with E-state index in [0.29, 0.717) is 17.6 Å². The van der Waals surface area contributed by atoms with Crippen LogP contribution >= 0.6 is 0 Å². The van der Waals surface area contributed by atoms with Crippen LogP contribution in [-0.4, -0.2) is 34.2 Å². The molecule has 0 aliphatic heterocycles. The van der Waals surface area contributed by atoms with Crippen LogP contribution in [0, 0.1) is 0 Å². The van der Waals surface area contributed by atoms with Crippen LogP contribution in [0.3, 0.4) is 0 Å². The van der Waals surface area contributed by atoms with Crippen LogP contribution in [0.2, 0.25) is 0 Å². The molecular weight excluding hydrogens is 244 g/mol. The molecule has 6 heteroatoms. The van der Waals surface area contributed by atoms with Gasteiger partial charge in [-0.05, 0) is 12.1 Å². The zero-order chi connectivity index (χ0) is 13.2. The Morgan fingerprint density at radius 3 is 2.47 bits per heavy atom. The number of rotatable bonds is 3. The number of methoxy groups -OCH3 is 2. The van der Waals surface area contributed by atoms with Crippen molar-refractivity contribution in [3.63, 3.8) is 0 Å². The normalized spacial score (nSPS) is 10.6. The molecule has 3 aromatic heterocycles. The maximum absolute atomic E-state index is 5.16. The number of nitrogens with zero attached hydrogens (tertiary/aromatic N) is 3. The van der Waals surface area contributed by atoms with Gasteiger partial charge in [0.15, 0.2) is 5.82 Å². The van der Waals surface area contributed by atoms with E-state index < -0.39 is 0 Å². The summed E-state index contributed by atoms with van der Waals surface area (Å²) in [7, 11) is 3.12. The summed E-state index contributed by atoms with van der Waals surface area (Å²) in [4.78, 5) is 16.0. The lowest BCUT2D eigenvalue weighted by molar-refractivity contribution is 0.373. The van der Waals surface area contributed by atoms with Crippen LogP contribution in [0.25, 0.3) is 22.4 Å². The summed E-state index contributed by atoms with van der Waals surface area (Å²) in [6.07, 6.45) is 3.54. The van der Waals surface area contributed by atoms with Crippen LogP contribution in [0.15, 0.2) is 30.6 Å². The minimum Gasteiger partial charge on any atom is -0.481 e. The fourth-order valence-electron chi connectivity index (χ4n) is 1.89. The molecule has 0 unspecified atom stereocenters. The van der Waals surface area contributed by atoms with Crippen molar-refractivity contribution in [1.29, 1.82) is 0 Å². The van der Waals surface area contributed by atoms with Gasteiger partial charge < -0.3 is 14.5 Å². The van der Waals surface area contributed by atoms with Gasteiger partial charge in [-0.15, -0.1) is 0 Å². The molecule has 1 N–H and O–H groups in total. The van der Waals surface area contributed by atoms with Crippen LogP contribution in [0.4, 0.5) is 0 Å². The third-order valence-corrected chi connectivity index (χ3v) is 2.80. The Bertz CT molecular complexity index is 701. The first-order valence-electron chi connectivity index (χ1n) is 5.71. The molecule has 0 aliphatic rings. The molecule has 0 saturated carbocycles. The predicted octanol–water partition coefficient (Wildman–Crippen LogP) is 2.04. The molecule has 0 fully saturated rings. The number of ether oxygens (including phenoxy) is 2. The fraction of sp³-hybridized carbons (Fsp3) is 0.154. The highest BCUT2D eigenvalue weighted by Gasteiger charge is 2.11. The van der Waals surface area contributed by atoms with E-state index in [1.54, 1.807) is 26.5 Å². The van der Waals surface area contributed by atoms with Crippen molar-refractivity contribution in [2.24, 2.45) is 0 Å². The van der Waals surface area contributed by atoms with Crippen LogP contribution in [-0.2, 0) is 0 Å². The van der Waals surface area contributed by atoms with Crippen LogP contribution in [0.1, 0.15) is 0 Å². The standard InChI is InChI=1S/C13H12N4O2/c1-18-10-7-11(19-2)17-13(16-10)9-4-6-15-12-8(9)3-5-14-12/h3-7H,1-2H3,(H,14,15).